The number of halogens is 1. The first-order chi connectivity index (χ1) is 7.41. The number of amides is 2. The van der Waals surface area contributed by atoms with Gasteiger partial charge in [0.1, 0.15) is 5.54 Å². The summed E-state index contributed by atoms with van der Waals surface area (Å²) in [4.78, 5) is 27.2. The summed E-state index contributed by atoms with van der Waals surface area (Å²) in [5.41, 5.74) is 4.65. The summed E-state index contributed by atoms with van der Waals surface area (Å²) in [7, 11) is 1.77. The summed E-state index contributed by atoms with van der Waals surface area (Å²) >= 11 is 0. The van der Waals surface area contributed by atoms with E-state index in [1.54, 1.807) is 30.7 Å². The first-order valence-electron chi connectivity index (χ1n) is 5.67. The summed E-state index contributed by atoms with van der Waals surface area (Å²) in [5, 5.41) is 0. The van der Waals surface area contributed by atoms with Gasteiger partial charge in [0.25, 0.3) is 0 Å². The molecule has 100 valence electrons. The van der Waals surface area contributed by atoms with Gasteiger partial charge in [-0.25, -0.2) is 0 Å². The molecule has 1 rings (SSSR count). The lowest BCUT2D eigenvalue weighted by molar-refractivity contribution is -0.157. The van der Waals surface area contributed by atoms with Crippen LogP contribution in [0.5, 0.6) is 0 Å². The molecule has 6 heteroatoms. The van der Waals surface area contributed by atoms with Gasteiger partial charge >= 0.3 is 0 Å². The summed E-state index contributed by atoms with van der Waals surface area (Å²) < 4.78 is 0. The fourth-order valence-corrected chi connectivity index (χ4v) is 2.04. The smallest absolute Gasteiger partial charge is 0.247 e. The van der Waals surface area contributed by atoms with Crippen molar-refractivity contribution < 1.29 is 9.59 Å². The van der Waals surface area contributed by atoms with Gasteiger partial charge in [0.05, 0.1) is 0 Å². The van der Waals surface area contributed by atoms with Crippen LogP contribution in [0.15, 0.2) is 0 Å². The van der Waals surface area contributed by atoms with E-state index in [0.29, 0.717) is 32.5 Å². The van der Waals surface area contributed by atoms with Crippen LogP contribution in [0.2, 0.25) is 0 Å². The van der Waals surface area contributed by atoms with Crippen molar-refractivity contribution >= 4 is 24.2 Å². The number of hydrogen-bond acceptors (Lipinski definition) is 3. The minimum atomic E-state index is -0.724. The molecular formula is C11H22ClN3O2. The molecule has 0 aromatic carbocycles. The first-order valence-corrected chi connectivity index (χ1v) is 5.67. The van der Waals surface area contributed by atoms with E-state index in [9.17, 15) is 9.59 Å². The van der Waals surface area contributed by atoms with Crippen LogP contribution in [0.25, 0.3) is 0 Å². The Hall–Kier alpha value is -0.810. The van der Waals surface area contributed by atoms with Crippen molar-refractivity contribution in [3.8, 4) is 0 Å². The predicted molar refractivity (Wildman–Crippen MR) is 69.0 cm³/mol. The summed E-state index contributed by atoms with van der Waals surface area (Å²) in [6, 6.07) is 0. The van der Waals surface area contributed by atoms with Crippen LogP contribution in [0.3, 0.4) is 0 Å². The first kappa shape index (κ1) is 16.2. The molecule has 0 aromatic heterocycles. The fraction of sp³-hybridized carbons (Fsp3) is 0.818. The van der Waals surface area contributed by atoms with Crippen molar-refractivity contribution in [2.75, 3.05) is 26.7 Å². The molecule has 0 unspecified atom stereocenters. The standard InChI is InChI=1S/C11H21N3O2.ClH/c1-11(2)10(16)13(3)7-8-14(11)9(15)5-4-6-12;/h4-8,12H2,1-3H3;1H. The van der Waals surface area contributed by atoms with Gasteiger partial charge in [-0.2, -0.15) is 0 Å². The molecule has 0 saturated carbocycles. The number of likely N-dealkylation sites (N-methyl/N-ethyl adjacent to an activating group) is 1. The van der Waals surface area contributed by atoms with Gasteiger partial charge in [-0.1, -0.05) is 0 Å². The van der Waals surface area contributed by atoms with Gasteiger partial charge in [0.15, 0.2) is 0 Å². The molecule has 0 atom stereocenters. The van der Waals surface area contributed by atoms with Crippen LogP contribution >= 0.6 is 12.4 Å². The number of nitrogens with zero attached hydrogens (tertiary/aromatic N) is 2. The van der Waals surface area contributed by atoms with Gasteiger partial charge < -0.3 is 15.5 Å². The predicted octanol–water partition coefficient (Wildman–Crippen LogP) is 0.226. The molecule has 17 heavy (non-hydrogen) atoms. The summed E-state index contributed by atoms with van der Waals surface area (Å²) in [6.07, 6.45) is 1.10. The Morgan fingerprint density at radius 2 is 2.00 bits per heavy atom. The molecule has 1 heterocycles. The van der Waals surface area contributed by atoms with Crippen LogP contribution in [0.4, 0.5) is 0 Å². The number of rotatable bonds is 3. The average molecular weight is 264 g/mol. The molecule has 1 aliphatic rings. The number of hydrogen-bond donors (Lipinski definition) is 1. The molecule has 2 N–H and O–H groups in total. The van der Waals surface area contributed by atoms with Crippen molar-refractivity contribution in [2.45, 2.75) is 32.2 Å². The zero-order valence-electron chi connectivity index (χ0n) is 10.7. The highest BCUT2D eigenvalue weighted by Gasteiger charge is 2.42. The van der Waals surface area contributed by atoms with E-state index in [1.807, 2.05) is 0 Å². The lowest BCUT2D eigenvalue weighted by Crippen LogP contribution is -2.63. The van der Waals surface area contributed by atoms with E-state index in [2.05, 4.69) is 0 Å². The topological polar surface area (TPSA) is 66.6 Å². The van der Waals surface area contributed by atoms with E-state index < -0.39 is 5.54 Å². The molecule has 0 aromatic rings. The minimum Gasteiger partial charge on any atom is -0.342 e. The van der Waals surface area contributed by atoms with E-state index >= 15 is 0 Å². The highest BCUT2D eigenvalue weighted by atomic mass is 35.5. The second-order valence-corrected chi connectivity index (χ2v) is 4.72. The number of carbonyl (C=O) groups is 2. The van der Waals surface area contributed by atoms with Crippen molar-refractivity contribution in [3.05, 3.63) is 0 Å². The fourth-order valence-electron chi connectivity index (χ4n) is 2.04. The van der Waals surface area contributed by atoms with Gasteiger partial charge in [-0.3, -0.25) is 9.59 Å². The normalized spacial score (nSPS) is 18.9. The molecule has 1 saturated heterocycles. The van der Waals surface area contributed by atoms with E-state index in [4.69, 9.17) is 5.73 Å². The van der Waals surface area contributed by atoms with E-state index in [1.165, 1.54) is 0 Å². The Balaban J connectivity index is 0.00000256. The van der Waals surface area contributed by atoms with Gasteiger partial charge in [-0.15, -0.1) is 12.4 Å². The second-order valence-electron chi connectivity index (χ2n) is 4.72. The Morgan fingerprint density at radius 1 is 1.41 bits per heavy atom. The Labute approximate surface area is 109 Å². The van der Waals surface area contributed by atoms with Gasteiger partial charge in [0.2, 0.25) is 11.8 Å². The van der Waals surface area contributed by atoms with E-state index in [-0.39, 0.29) is 24.2 Å². The average Bonchev–Trinajstić information content (AvgIpc) is 2.23. The molecule has 1 aliphatic heterocycles. The van der Waals surface area contributed by atoms with Crippen LogP contribution in [-0.4, -0.2) is 53.8 Å². The van der Waals surface area contributed by atoms with Crippen molar-refractivity contribution in [1.29, 1.82) is 0 Å². The number of carbonyl (C=O) groups excluding carboxylic acids is 2. The molecular weight excluding hydrogens is 242 g/mol. The van der Waals surface area contributed by atoms with Crippen LogP contribution < -0.4 is 5.73 Å². The van der Waals surface area contributed by atoms with Crippen molar-refractivity contribution in [1.82, 2.24) is 9.80 Å². The third-order valence-electron chi connectivity index (χ3n) is 3.10. The molecule has 0 radical (unpaired) electrons. The largest absolute Gasteiger partial charge is 0.342 e. The Morgan fingerprint density at radius 3 is 2.53 bits per heavy atom. The quantitative estimate of drug-likeness (QED) is 0.793. The summed E-state index contributed by atoms with van der Waals surface area (Å²) in [6.45, 7) is 5.32. The second kappa shape index (κ2) is 6.21. The third kappa shape index (κ3) is 3.33. The molecule has 2 amide bonds. The zero-order chi connectivity index (χ0) is 12.3. The number of nitrogens with two attached hydrogens (primary N) is 1. The third-order valence-corrected chi connectivity index (χ3v) is 3.10. The zero-order valence-corrected chi connectivity index (χ0v) is 11.5. The maximum absolute atomic E-state index is 11.9. The SMILES string of the molecule is CN1CCN(C(=O)CCCN)C(C)(C)C1=O.Cl. The van der Waals surface area contributed by atoms with Gasteiger partial charge in [-0.05, 0) is 26.8 Å². The lowest BCUT2D eigenvalue weighted by Gasteiger charge is -2.44. The van der Waals surface area contributed by atoms with Gasteiger partial charge in [0, 0.05) is 26.6 Å². The molecule has 0 bridgehead atoms. The Bertz CT molecular complexity index is 294. The maximum Gasteiger partial charge on any atom is 0.247 e. The van der Waals surface area contributed by atoms with Crippen molar-refractivity contribution in [3.63, 3.8) is 0 Å². The van der Waals surface area contributed by atoms with Crippen LogP contribution in [0.1, 0.15) is 26.7 Å². The Kier molecular flexibility index (Phi) is 5.92. The lowest BCUT2D eigenvalue weighted by atomic mass is 9.97. The summed E-state index contributed by atoms with van der Waals surface area (Å²) in [5.74, 6) is 0.0248. The van der Waals surface area contributed by atoms with Crippen molar-refractivity contribution in [2.24, 2.45) is 5.73 Å². The van der Waals surface area contributed by atoms with Crippen LogP contribution in [-0.2, 0) is 9.59 Å². The monoisotopic (exact) mass is 263 g/mol. The van der Waals surface area contributed by atoms with Crippen LogP contribution in [0, 0.1) is 0 Å². The highest BCUT2D eigenvalue weighted by molar-refractivity contribution is 5.91. The maximum atomic E-state index is 11.9. The number of piperazine rings is 1. The molecule has 5 nitrogen and oxygen atoms in total. The molecule has 1 fully saturated rings. The highest BCUT2D eigenvalue weighted by Crippen LogP contribution is 2.22. The van der Waals surface area contributed by atoms with E-state index in [0.717, 1.165) is 0 Å². The molecule has 0 spiro atoms. The molecule has 0 aliphatic carbocycles. The minimum absolute atomic E-state index is 0.